The van der Waals surface area contributed by atoms with E-state index in [1.165, 1.54) is 0 Å². The zero-order valence-electron chi connectivity index (χ0n) is 11.2. The summed E-state index contributed by atoms with van der Waals surface area (Å²) < 4.78 is 5.28. The highest BCUT2D eigenvalue weighted by Crippen LogP contribution is 2.19. The number of hydrogen-bond donors (Lipinski definition) is 1. The van der Waals surface area contributed by atoms with Crippen molar-refractivity contribution in [1.82, 2.24) is 4.90 Å². The molecule has 1 saturated heterocycles. The van der Waals surface area contributed by atoms with Gasteiger partial charge in [-0.15, -0.1) is 12.4 Å². The number of benzene rings is 1. The van der Waals surface area contributed by atoms with E-state index in [-0.39, 0.29) is 24.0 Å². The number of halogens is 1. The Bertz CT molecular complexity index is 399. The SMILES string of the molecule is CC1(N)CCN(C(=O)OCc2ccccc2)CC1.Cl. The summed E-state index contributed by atoms with van der Waals surface area (Å²) in [7, 11) is 0. The van der Waals surface area contributed by atoms with Gasteiger partial charge in [-0.1, -0.05) is 30.3 Å². The van der Waals surface area contributed by atoms with Crippen LogP contribution in [0.4, 0.5) is 4.79 Å². The van der Waals surface area contributed by atoms with Gasteiger partial charge in [0.25, 0.3) is 0 Å². The average Bonchev–Trinajstić information content (AvgIpc) is 2.37. The monoisotopic (exact) mass is 284 g/mol. The zero-order valence-corrected chi connectivity index (χ0v) is 12.0. The van der Waals surface area contributed by atoms with Gasteiger partial charge in [0, 0.05) is 18.6 Å². The molecular weight excluding hydrogens is 264 g/mol. The lowest BCUT2D eigenvalue weighted by molar-refractivity contribution is 0.0803. The first-order valence-electron chi connectivity index (χ1n) is 6.31. The van der Waals surface area contributed by atoms with Gasteiger partial charge < -0.3 is 15.4 Å². The highest BCUT2D eigenvalue weighted by atomic mass is 35.5. The fourth-order valence-electron chi connectivity index (χ4n) is 2.01. The van der Waals surface area contributed by atoms with E-state index in [1.807, 2.05) is 37.3 Å². The van der Waals surface area contributed by atoms with Crippen molar-refractivity contribution in [3.8, 4) is 0 Å². The third-order valence-corrected chi connectivity index (χ3v) is 3.37. The summed E-state index contributed by atoms with van der Waals surface area (Å²) >= 11 is 0. The molecule has 1 aromatic rings. The van der Waals surface area contributed by atoms with E-state index >= 15 is 0 Å². The second kappa shape index (κ2) is 6.78. The Balaban J connectivity index is 0.00000180. The molecule has 19 heavy (non-hydrogen) atoms. The maximum absolute atomic E-state index is 11.8. The first-order valence-corrected chi connectivity index (χ1v) is 6.31. The number of piperidine rings is 1. The molecule has 1 heterocycles. The first kappa shape index (κ1) is 15.8. The molecule has 1 aliphatic rings. The second-order valence-corrected chi connectivity index (χ2v) is 5.18. The van der Waals surface area contributed by atoms with Crippen LogP contribution in [0.25, 0.3) is 0 Å². The highest BCUT2D eigenvalue weighted by Gasteiger charge is 2.28. The van der Waals surface area contributed by atoms with Crippen LogP contribution in [0.1, 0.15) is 25.3 Å². The van der Waals surface area contributed by atoms with E-state index in [0.29, 0.717) is 19.7 Å². The molecule has 1 amide bonds. The summed E-state index contributed by atoms with van der Waals surface area (Å²) in [5, 5.41) is 0. The quantitative estimate of drug-likeness (QED) is 0.908. The van der Waals surface area contributed by atoms with Crippen LogP contribution in [0.15, 0.2) is 30.3 Å². The summed E-state index contributed by atoms with van der Waals surface area (Å²) in [5.41, 5.74) is 6.89. The molecule has 0 radical (unpaired) electrons. The molecule has 0 aromatic heterocycles. The Kier molecular flexibility index (Phi) is 5.63. The summed E-state index contributed by atoms with van der Waals surface area (Å²) in [6.07, 6.45) is 1.41. The molecule has 0 unspecified atom stereocenters. The largest absolute Gasteiger partial charge is 0.445 e. The number of carbonyl (C=O) groups is 1. The Morgan fingerprint density at radius 2 is 1.89 bits per heavy atom. The number of likely N-dealkylation sites (tertiary alicyclic amines) is 1. The number of nitrogens with two attached hydrogens (primary N) is 1. The van der Waals surface area contributed by atoms with Crippen molar-refractivity contribution in [1.29, 1.82) is 0 Å². The number of rotatable bonds is 2. The zero-order chi connectivity index (χ0) is 13.0. The van der Waals surface area contributed by atoms with Gasteiger partial charge in [0.15, 0.2) is 0 Å². The highest BCUT2D eigenvalue weighted by molar-refractivity contribution is 5.85. The third kappa shape index (κ3) is 4.73. The van der Waals surface area contributed by atoms with Gasteiger partial charge >= 0.3 is 6.09 Å². The minimum atomic E-state index is -0.241. The summed E-state index contributed by atoms with van der Waals surface area (Å²) in [5.74, 6) is 0. The van der Waals surface area contributed by atoms with Crippen LogP contribution in [-0.2, 0) is 11.3 Å². The Morgan fingerprint density at radius 3 is 2.47 bits per heavy atom. The van der Waals surface area contributed by atoms with E-state index in [9.17, 15) is 4.79 Å². The topological polar surface area (TPSA) is 55.6 Å². The molecule has 1 fully saturated rings. The summed E-state index contributed by atoms with van der Waals surface area (Å²) in [4.78, 5) is 13.6. The fraction of sp³-hybridized carbons (Fsp3) is 0.500. The van der Waals surface area contributed by atoms with E-state index in [2.05, 4.69) is 0 Å². The van der Waals surface area contributed by atoms with Crippen LogP contribution in [-0.4, -0.2) is 29.6 Å². The maximum atomic E-state index is 11.8. The molecule has 0 aliphatic carbocycles. The third-order valence-electron chi connectivity index (χ3n) is 3.37. The number of ether oxygens (including phenoxy) is 1. The molecule has 5 heteroatoms. The van der Waals surface area contributed by atoms with Gasteiger partial charge in [-0.3, -0.25) is 0 Å². The van der Waals surface area contributed by atoms with Gasteiger partial charge in [-0.05, 0) is 25.3 Å². The summed E-state index contributed by atoms with van der Waals surface area (Å²) in [6.45, 7) is 3.72. The van der Waals surface area contributed by atoms with Crippen molar-refractivity contribution in [3.05, 3.63) is 35.9 Å². The van der Waals surface area contributed by atoms with Gasteiger partial charge in [-0.25, -0.2) is 4.79 Å². The van der Waals surface area contributed by atoms with E-state index in [4.69, 9.17) is 10.5 Å². The molecular formula is C14H21ClN2O2. The molecule has 0 spiro atoms. The number of hydrogen-bond acceptors (Lipinski definition) is 3. The Labute approximate surface area is 120 Å². The van der Waals surface area contributed by atoms with Crippen molar-refractivity contribution in [2.75, 3.05) is 13.1 Å². The standard InChI is InChI=1S/C14H20N2O2.ClH/c1-14(15)7-9-16(10-8-14)13(17)18-11-12-5-3-2-4-6-12;/h2-6H,7-11,15H2,1H3;1H. The predicted molar refractivity (Wildman–Crippen MR) is 77.3 cm³/mol. The maximum Gasteiger partial charge on any atom is 0.410 e. The predicted octanol–water partition coefficient (Wildman–Crippen LogP) is 2.56. The number of nitrogens with zero attached hydrogens (tertiary/aromatic N) is 1. The average molecular weight is 285 g/mol. The van der Waals surface area contributed by atoms with Crippen molar-refractivity contribution in [2.45, 2.75) is 31.9 Å². The van der Waals surface area contributed by atoms with Gasteiger partial charge in [0.05, 0.1) is 0 Å². The van der Waals surface area contributed by atoms with Crippen LogP contribution in [0, 0.1) is 0 Å². The van der Waals surface area contributed by atoms with E-state index in [0.717, 1.165) is 18.4 Å². The molecule has 2 N–H and O–H groups in total. The van der Waals surface area contributed by atoms with Crippen LogP contribution in [0.3, 0.4) is 0 Å². The lowest BCUT2D eigenvalue weighted by atomic mass is 9.91. The lowest BCUT2D eigenvalue weighted by Gasteiger charge is -2.36. The molecule has 0 saturated carbocycles. The fourth-order valence-corrected chi connectivity index (χ4v) is 2.01. The minimum absolute atomic E-state index is 0. The molecule has 1 aliphatic heterocycles. The van der Waals surface area contributed by atoms with Crippen LogP contribution in [0.2, 0.25) is 0 Å². The Hall–Kier alpha value is -1.26. The number of carbonyl (C=O) groups excluding carboxylic acids is 1. The van der Waals surface area contributed by atoms with Gasteiger partial charge in [-0.2, -0.15) is 0 Å². The first-order chi connectivity index (χ1) is 8.57. The van der Waals surface area contributed by atoms with E-state index in [1.54, 1.807) is 4.90 Å². The molecule has 106 valence electrons. The molecule has 2 rings (SSSR count). The number of amides is 1. The van der Waals surface area contributed by atoms with Crippen molar-refractivity contribution in [3.63, 3.8) is 0 Å². The normalized spacial score (nSPS) is 17.5. The molecule has 0 bridgehead atoms. The summed E-state index contributed by atoms with van der Waals surface area (Å²) in [6, 6.07) is 9.70. The van der Waals surface area contributed by atoms with Crippen molar-refractivity contribution < 1.29 is 9.53 Å². The van der Waals surface area contributed by atoms with Crippen LogP contribution < -0.4 is 5.73 Å². The molecule has 0 atom stereocenters. The van der Waals surface area contributed by atoms with Gasteiger partial charge in [0.1, 0.15) is 6.61 Å². The van der Waals surface area contributed by atoms with Crippen molar-refractivity contribution >= 4 is 18.5 Å². The van der Waals surface area contributed by atoms with Crippen LogP contribution >= 0.6 is 12.4 Å². The Morgan fingerprint density at radius 1 is 1.32 bits per heavy atom. The van der Waals surface area contributed by atoms with Crippen molar-refractivity contribution in [2.24, 2.45) is 5.73 Å². The van der Waals surface area contributed by atoms with E-state index < -0.39 is 0 Å². The lowest BCUT2D eigenvalue weighted by Crippen LogP contribution is -2.49. The second-order valence-electron chi connectivity index (χ2n) is 5.18. The minimum Gasteiger partial charge on any atom is -0.445 e. The van der Waals surface area contributed by atoms with Crippen LogP contribution in [0.5, 0.6) is 0 Å². The van der Waals surface area contributed by atoms with Gasteiger partial charge in [0.2, 0.25) is 0 Å². The molecule has 4 nitrogen and oxygen atoms in total. The smallest absolute Gasteiger partial charge is 0.410 e. The molecule has 1 aromatic carbocycles.